The van der Waals surface area contributed by atoms with Crippen molar-refractivity contribution in [2.24, 2.45) is 0 Å². The number of pyridine rings is 1. The van der Waals surface area contributed by atoms with Crippen LogP contribution in [-0.2, 0) is 0 Å². The summed E-state index contributed by atoms with van der Waals surface area (Å²) >= 11 is 0. The minimum Gasteiger partial charge on any atom is -0.342 e. The van der Waals surface area contributed by atoms with Crippen molar-refractivity contribution in [3.63, 3.8) is 0 Å². The van der Waals surface area contributed by atoms with Crippen LogP contribution in [0.4, 0.5) is 0 Å². The lowest BCUT2D eigenvalue weighted by atomic mass is 10.1. The van der Waals surface area contributed by atoms with E-state index in [1.54, 1.807) is 16.9 Å². The molecular formula is C18H19N7O. The Hall–Kier alpha value is -3.29. The summed E-state index contributed by atoms with van der Waals surface area (Å²) in [6, 6.07) is 7.32. The van der Waals surface area contributed by atoms with Crippen molar-refractivity contribution in [3.05, 3.63) is 59.9 Å². The van der Waals surface area contributed by atoms with Gasteiger partial charge in [-0.1, -0.05) is 19.4 Å². The number of hydrogen-bond donors (Lipinski definition) is 1. The third kappa shape index (κ3) is 2.79. The molecule has 4 aromatic rings. The van der Waals surface area contributed by atoms with Crippen LogP contribution in [0.1, 0.15) is 47.7 Å². The first-order valence-corrected chi connectivity index (χ1v) is 8.59. The van der Waals surface area contributed by atoms with Crippen molar-refractivity contribution >= 4 is 17.2 Å². The molecule has 26 heavy (non-hydrogen) atoms. The second kappa shape index (κ2) is 6.55. The lowest BCUT2D eigenvalue weighted by Crippen LogP contribution is -2.30. The Morgan fingerprint density at radius 3 is 2.96 bits per heavy atom. The van der Waals surface area contributed by atoms with Gasteiger partial charge in [-0.3, -0.25) is 9.20 Å². The molecule has 0 bridgehead atoms. The first kappa shape index (κ1) is 16.2. The van der Waals surface area contributed by atoms with Crippen LogP contribution in [0.3, 0.4) is 0 Å². The van der Waals surface area contributed by atoms with Crippen LogP contribution in [0.2, 0.25) is 0 Å². The van der Waals surface area contributed by atoms with Crippen molar-refractivity contribution < 1.29 is 4.79 Å². The van der Waals surface area contributed by atoms with Gasteiger partial charge in [0.1, 0.15) is 5.56 Å². The molecule has 0 saturated heterocycles. The fourth-order valence-corrected chi connectivity index (χ4v) is 3.01. The monoisotopic (exact) mass is 349 g/mol. The Morgan fingerprint density at radius 2 is 2.12 bits per heavy atom. The average molecular weight is 349 g/mol. The number of amides is 1. The number of nitrogens with zero attached hydrogens (tertiary/aromatic N) is 6. The number of carbonyl (C=O) groups excluding carboxylic acids is 1. The third-order valence-corrected chi connectivity index (χ3v) is 4.29. The molecule has 0 saturated carbocycles. The fraction of sp³-hybridized carbons (Fsp3) is 0.278. The van der Waals surface area contributed by atoms with Crippen molar-refractivity contribution in [2.75, 3.05) is 0 Å². The van der Waals surface area contributed by atoms with E-state index in [4.69, 9.17) is 0 Å². The van der Waals surface area contributed by atoms with Crippen LogP contribution in [0.5, 0.6) is 0 Å². The zero-order chi connectivity index (χ0) is 18.1. The summed E-state index contributed by atoms with van der Waals surface area (Å²) in [4.78, 5) is 17.3. The maximum atomic E-state index is 12.9. The Labute approximate surface area is 149 Å². The molecule has 8 nitrogen and oxygen atoms in total. The molecule has 0 radical (unpaired) electrons. The van der Waals surface area contributed by atoms with Gasteiger partial charge in [-0.25, -0.2) is 9.50 Å². The first-order chi connectivity index (χ1) is 12.7. The van der Waals surface area contributed by atoms with Crippen LogP contribution in [-0.4, -0.2) is 35.1 Å². The van der Waals surface area contributed by atoms with E-state index in [0.717, 1.165) is 30.0 Å². The second-order valence-corrected chi connectivity index (χ2v) is 6.20. The smallest absolute Gasteiger partial charge is 0.257 e. The zero-order valence-electron chi connectivity index (χ0n) is 14.6. The molecule has 4 heterocycles. The van der Waals surface area contributed by atoms with Gasteiger partial charge in [0.15, 0.2) is 17.1 Å². The van der Waals surface area contributed by atoms with E-state index in [2.05, 4.69) is 32.5 Å². The molecule has 0 unspecified atom stereocenters. The van der Waals surface area contributed by atoms with Crippen molar-refractivity contribution in [1.82, 2.24) is 34.5 Å². The summed E-state index contributed by atoms with van der Waals surface area (Å²) in [5, 5.41) is 15.8. The number of aromatic nitrogens is 6. The molecule has 4 rings (SSSR count). The highest BCUT2D eigenvalue weighted by molar-refractivity contribution is 5.99. The van der Waals surface area contributed by atoms with Crippen molar-refractivity contribution in [1.29, 1.82) is 0 Å². The van der Waals surface area contributed by atoms with E-state index in [0.29, 0.717) is 11.2 Å². The molecule has 0 fully saturated rings. The lowest BCUT2D eigenvalue weighted by Gasteiger charge is -2.16. The molecule has 4 aromatic heterocycles. The molecule has 132 valence electrons. The van der Waals surface area contributed by atoms with Crippen LogP contribution in [0, 0.1) is 6.92 Å². The number of rotatable bonds is 5. The predicted octanol–water partition coefficient (Wildman–Crippen LogP) is 2.35. The Morgan fingerprint density at radius 1 is 1.23 bits per heavy atom. The molecule has 0 aliphatic rings. The van der Waals surface area contributed by atoms with Crippen molar-refractivity contribution in [2.45, 2.75) is 32.7 Å². The zero-order valence-corrected chi connectivity index (χ0v) is 14.6. The number of hydrogen-bond acceptors (Lipinski definition) is 5. The van der Waals surface area contributed by atoms with Crippen LogP contribution < -0.4 is 5.32 Å². The van der Waals surface area contributed by atoms with Gasteiger partial charge in [0.05, 0.1) is 12.2 Å². The predicted molar refractivity (Wildman–Crippen MR) is 95.8 cm³/mol. The molecule has 1 amide bonds. The van der Waals surface area contributed by atoms with Gasteiger partial charge >= 0.3 is 0 Å². The standard InChI is InChI=1S/C18H19N7O/c1-3-6-14(17-23-22-15-7-4-5-9-24(15)17)21-18(26)13-11-19-25-10-8-12(2)20-16(13)25/h4-5,7-11,14H,3,6H2,1-2H3,(H,21,26)/t14-/m1/s1. The van der Waals surface area contributed by atoms with Crippen molar-refractivity contribution in [3.8, 4) is 0 Å². The van der Waals surface area contributed by atoms with Gasteiger partial charge < -0.3 is 5.32 Å². The lowest BCUT2D eigenvalue weighted by molar-refractivity contribution is 0.0934. The summed E-state index contributed by atoms with van der Waals surface area (Å²) in [7, 11) is 0. The fourth-order valence-electron chi connectivity index (χ4n) is 3.01. The summed E-state index contributed by atoms with van der Waals surface area (Å²) in [6.45, 7) is 3.96. The Kier molecular flexibility index (Phi) is 4.08. The minimum absolute atomic E-state index is 0.218. The maximum Gasteiger partial charge on any atom is 0.257 e. The second-order valence-electron chi connectivity index (χ2n) is 6.20. The highest BCUT2D eigenvalue weighted by atomic mass is 16.1. The van der Waals surface area contributed by atoms with Gasteiger partial charge in [-0.15, -0.1) is 10.2 Å². The molecule has 0 spiro atoms. The van der Waals surface area contributed by atoms with Gasteiger partial charge in [-0.2, -0.15) is 5.10 Å². The maximum absolute atomic E-state index is 12.9. The third-order valence-electron chi connectivity index (χ3n) is 4.29. The largest absolute Gasteiger partial charge is 0.342 e. The molecule has 0 aliphatic heterocycles. The highest BCUT2D eigenvalue weighted by Gasteiger charge is 2.22. The van der Waals surface area contributed by atoms with E-state index in [9.17, 15) is 4.79 Å². The van der Waals surface area contributed by atoms with Gasteiger partial charge in [0.2, 0.25) is 0 Å². The SMILES string of the molecule is CCC[C@@H](NC(=O)c1cnn2ccc(C)nc12)c1nnc2ccccn12. The van der Waals surface area contributed by atoms with E-state index >= 15 is 0 Å². The van der Waals surface area contributed by atoms with Gasteiger partial charge in [0.25, 0.3) is 5.91 Å². The summed E-state index contributed by atoms with van der Waals surface area (Å²) in [5.41, 5.74) is 2.58. The minimum atomic E-state index is -0.246. The molecular weight excluding hydrogens is 330 g/mol. The number of carbonyl (C=O) groups is 1. The van der Waals surface area contributed by atoms with E-state index in [1.807, 2.05) is 41.8 Å². The van der Waals surface area contributed by atoms with E-state index < -0.39 is 0 Å². The molecule has 1 N–H and O–H groups in total. The Bertz CT molecular complexity index is 1080. The quantitative estimate of drug-likeness (QED) is 0.597. The van der Waals surface area contributed by atoms with E-state index in [-0.39, 0.29) is 11.9 Å². The number of aryl methyl sites for hydroxylation is 1. The molecule has 0 aromatic carbocycles. The normalized spacial score (nSPS) is 12.5. The first-order valence-electron chi connectivity index (χ1n) is 8.59. The topological polar surface area (TPSA) is 89.5 Å². The highest BCUT2D eigenvalue weighted by Crippen LogP contribution is 2.19. The summed E-state index contributed by atoms with van der Waals surface area (Å²) in [6.07, 6.45) is 6.90. The number of nitrogens with one attached hydrogen (secondary N) is 1. The summed E-state index contributed by atoms with van der Waals surface area (Å²) < 4.78 is 3.50. The molecule has 0 aliphatic carbocycles. The molecule has 8 heteroatoms. The van der Waals surface area contributed by atoms with Crippen LogP contribution in [0.15, 0.2) is 42.9 Å². The Balaban J connectivity index is 1.68. The van der Waals surface area contributed by atoms with Crippen LogP contribution in [0.25, 0.3) is 11.3 Å². The summed E-state index contributed by atoms with van der Waals surface area (Å²) in [5.74, 6) is 0.501. The van der Waals surface area contributed by atoms with Gasteiger partial charge in [0, 0.05) is 18.1 Å². The average Bonchev–Trinajstić information content (AvgIpc) is 3.25. The van der Waals surface area contributed by atoms with Gasteiger partial charge in [-0.05, 0) is 31.5 Å². The number of fused-ring (bicyclic) bond motifs is 2. The molecule has 1 atom stereocenters. The van der Waals surface area contributed by atoms with Crippen LogP contribution >= 0.6 is 0 Å². The van der Waals surface area contributed by atoms with E-state index in [1.165, 1.54) is 0 Å².